The summed E-state index contributed by atoms with van der Waals surface area (Å²) in [6.07, 6.45) is -0.968. The zero-order valence-electron chi connectivity index (χ0n) is 18.0. The van der Waals surface area contributed by atoms with E-state index in [0.29, 0.717) is 11.5 Å². The smallest absolute Gasteiger partial charge is 0.329 e. The van der Waals surface area contributed by atoms with Gasteiger partial charge in [-0.15, -0.1) is 0 Å². The minimum Gasteiger partial charge on any atom is -0.491 e. The SMILES string of the molecule is Cc1ccc(Oc2nc3c(c(=O)[nH]c(=O)n3C)n2C[C@@H](O)COc2cccc(C)c2)cc1. The molecule has 1 atom stereocenters. The molecule has 0 unspecified atom stereocenters. The molecule has 2 N–H and O–H groups in total. The molecule has 2 aromatic heterocycles. The zero-order valence-corrected chi connectivity index (χ0v) is 18.0. The van der Waals surface area contributed by atoms with Crippen molar-refractivity contribution in [3.8, 4) is 17.5 Å². The predicted molar refractivity (Wildman–Crippen MR) is 120 cm³/mol. The van der Waals surface area contributed by atoms with Crippen LogP contribution in [0.2, 0.25) is 0 Å². The first-order valence-corrected chi connectivity index (χ1v) is 10.1. The molecule has 4 rings (SSSR count). The number of benzene rings is 2. The average Bonchev–Trinajstić information content (AvgIpc) is 3.11. The number of aryl methyl sites for hydroxylation is 3. The molecule has 0 radical (unpaired) electrons. The summed E-state index contributed by atoms with van der Waals surface area (Å²) in [5.41, 5.74) is 1.20. The van der Waals surface area contributed by atoms with Crippen molar-refractivity contribution in [3.05, 3.63) is 80.5 Å². The van der Waals surface area contributed by atoms with Gasteiger partial charge >= 0.3 is 11.7 Å². The second-order valence-corrected chi connectivity index (χ2v) is 7.69. The van der Waals surface area contributed by atoms with Gasteiger partial charge in [0.05, 0.1) is 6.54 Å². The topological polar surface area (TPSA) is 111 Å². The Labute approximate surface area is 183 Å². The third-order valence-electron chi connectivity index (χ3n) is 5.03. The van der Waals surface area contributed by atoms with Crippen LogP contribution in [0.4, 0.5) is 0 Å². The van der Waals surface area contributed by atoms with E-state index < -0.39 is 17.4 Å². The van der Waals surface area contributed by atoms with Gasteiger partial charge < -0.3 is 14.6 Å². The molecule has 0 aliphatic rings. The number of hydrogen-bond donors (Lipinski definition) is 2. The third kappa shape index (κ3) is 4.42. The van der Waals surface area contributed by atoms with Crippen LogP contribution < -0.4 is 20.7 Å². The van der Waals surface area contributed by atoms with Gasteiger partial charge in [0.25, 0.3) is 5.56 Å². The average molecular weight is 436 g/mol. The number of ether oxygens (including phenoxy) is 2. The summed E-state index contributed by atoms with van der Waals surface area (Å²) in [5.74, 6) is 1.15. The molecule has 9 heteroatoms. The molecule has 0 saturated carbocycles. The zero-order chi connectivity index (χ0) is 22.8. The molecular weight excluding hydrogens is 412 g/mol. The minimum atomic E-state index is -0.968. The Balaban J connectivity index is 1.67. The Morgan fingerprint density at radius 2 is 1.81 bits per heavy atom. The number of imidazole rings is 1. The summed E-state index contributed by atoms with van der Waals surface area (Å²) in [4.78, 5) is 31.2. The van der Waals surface area contributed by atoms with Crippen molar-refractivity contribution in [2.75, 3.05) is 6.61 Å². The maximum Gasteiger partial charge on any atom is 0.329 e. The van der Waals surface area contributed by atoms with Crippen molar-refractivity contribution in [1.29, 1.82) is 0 Å². The van der Waals surface area contributed by atoms with E-state index in [1.54, 1.807) is 18.2 Å². The highest BCUT2D eigenvalue weighted by atomic mass is 16.5. The summed E-state index contributed by atoms with van der Waals surface area (Å²) in [5, 5.41) is 10.6. The number of aliphatic hydroxyl groups is 1. The fourth-order valence-electron chi connectivity index (χ4n) is 3.33. The third-order valence-corrected chi connectivity index (χ3v) is 5.03. The highest BCUT2D eigenvalue weighted by Gasteiger charge is 2.21. The molecule has 0 aliphatic carbocycles. The Hall–Kier alpha value is -3.85. The quantitative estimate of drug-likeness (QED) is 0.460. The molecule has 4 aromatic rings. The number of aromatic nitrogens is 4. The van der Waals surface area contributed by atoms with Crippen LogP contribution in [0.1, 0.15) is 11.1 Å². The lowest BCUT2D eigenvalue weighted by molar-refractivity contribution is 0.0915. The maximum absolute atomic E-state index is 12.6. The van der Waals surface area contributed by atoms with Crippen molar-refractivity contribution in [2.24, 2.45) is 7.05 Å². The molecule has 0 aliphatic heterocycles. The van der Waals surface area contributed by atoms with Crippen LogP contribution in [0, 0.1) is 13.8 Å². The van der Waals surface area contributed by atoms with E-state index in [9.17, 15) is 14.7 Å². The lowest BCUT2D eigenvalue weighted by Gasteiger charge is -2.15. The number of aliphatic hydroxyl groups excluding tert-OH is 1. The van der Waals surface area contributed by atoms with Crippen molar-refractivity contribution in [3.63, 3.8) is 0 Å². The Morgan fingerprint density at radius 1 is 1.06 bits per heavy atom. The van der Waals surface area contributed by atoms with Crippen molar-refractivity contribution in [2.45, 2.75) is 26.5 Å². The summed E-state index contributed by atoms with van der Waals surface area (Å²) in [7, 11) is 1.50. The van der Waals surface area contributed by atoms with Crippen molar-refractivity contribution >= 4 is 11.2 Å². The van der Waals surface area contributed by atoms with E-state index in [1.807, 2.05) is 44.2 Å². The van der Waals surface area contributed by atoms with Crippen molar-refractivity contribution in [1.82, 2.24) is 19.1 Å². The summed E-state index contributed by atoms with van der Waals surface area (Å²) in [6.45, 7) is 3.88. The van der Waals surface area contributed by atoms with E-state index in [-0.39, 0.29) is 30.3 Å². The number of aromatic amines is 1. The van der Waals surface area contributed by atoms with Gasteiger partial charge in [-0.2, -0.15) is 4.98 Å². The molecule has 2 aromatic carbocycles. The minimum absolute atomic E-state index is 0.00321. The number of nitrogens with zero attached hydrogens (tertiary/aromatic N) is 3. The molecular formula is C23H24N4O5. The number of H-pyrrole nitrogens is 1. The van der Waals surface area contributed by atoms with E-state index in [4.69, 9.17) is 9.47 Å². The molecule has 2 heterocycles. The number of hydrogen-bond acceptors (Lipinski definition) is 6. The van der Waals surface area contributed by atoms with Gasteiger partial charge in [0.2, 0.25) is 0 Å². The monoisotopic (exact) mass is 436 g/mol. The van der Waals surface area contributed by atoms with Gasteiger partial charge in [0, 0.05) is 7.05 Å². The first-order valence-electron chi connectivity index (χ1n) is 10.1. The molecule has 0 fully saturated rings. The van der Waals surface area contributed by atoms with Crippen molar-refractivity contribution < 1.29 is 14.6 Å². The van der Waals surface area contributed by atoms with Crippen LogP contribution in [0.5, 0.6) is 17.5 Å². The highest BCUT2D eigenvalue weighted by molar-refractivity contribution is 5.71. The highest BCUT2D eigenvalue weighted by Crippen LogP contribution is 2.25. The van der Waals surface area contributed by atoms with Crippen LogP contribution in [0.25, 0.3) is 11.2 Å². The van der Waals surface area contributed by atoms with Gasteiger partial charge in [-0.1, -0.05) is 29.8 Å². The lowest BCUT2D eigenvalue weighted by Crippen LogP contribution is -2.30. The fraction of sp³-hybridized carbons (Fsp3) is 0.261. The standard InChI is InChI=1S/C23H24N4O5/c1-14-7-9-17(10-8-14)32-23-24-20-19(21(29)25-22(30)26(20)3)27(23)12-16(28)13-31-18-6-4-5-15(2)11-18/h4-11,16,28H,12-13H2,1-3H3,(H,25,29,30)/t16-/m1/s1. The van der Waals surface area contributed by atoms with Gasteiger partial charge in [0.15, 0.2) is 11.2 Å². The van der Waals surface area contributed by atoms with Crippen LogP contribution in [0.3, 0.4) is 0 Å². The second-order valence-electron chi connectivity index (χ2n) is 7.69. The van der Waals surface area contributed by atoms with E-state index in [1.165, 1.54) is 16.2 Å². The van der Waals surface area contributed by atoms with Crippen LogP contribution in [-0.2, 0) is 13.6 Å². The van der Waals surface area contributed by atoms with Gasteiger partial charge in [-0.3, -0.25) is 18.9 Å². The molecule has 0 bridgehead atoms. The first-order chi connectivity index (χ1) is 15.3. The van der Waals surface area contributed by atoms with Gasteiger partial charge in [-0.05, 0) is 43.7 Å². The van der Waals surface area contributed by atoms with Crippen LogP contribution in [-0.4, -0.2) is 36.9 Å². The van der Waals surface area contributed by atoms with Crippen LogP contribution in [0.15, 0.2) is 58.1 Å². The number of fused-ring (bicyclic) bond motifs is 1. The van der Waals surface area contributed by atoms with E-state index in [2.05, 4.69) is 9.97 Å². The molecule has 0 spiro atoms. The summed E-state index contributed by atoms with van der Waals surface area (Å²) < 4.78 is 14.3. The molecule has 9 nitrogen and oxygen atoms in total. The van der Waals surface area contributed by atoms with Gasteiger partial charge in [0.1, 0.15) is 24.2 Å². The molecule has 0 amide bonds. The normalized spacial score (nSPS) is 12.1. The number of nitrogens with one attached hydrogen (secondary N) is 1. The Bertz CT molecular complexity index is 1370. The van der Waals surface area contributed by atoms with Crippen LogP contribution >= 0.6 is 0 Å². The first kappa shape index (κ1) is 21.4. The van der Waals surface area contributed by atoms with E-state index in [0.717, 1.165) is 11.1 Å². The molecule has 32 heavy (non-hydrogen) atoms. The maximum atomic E-state index is 12.6. The lowest BCUT2D eigenvalue weighted by atomic mass is 10.2. The largest absolute Gasteiger partial charge is 0.491 e. The van der Waals surface area contributed by atoms with Gasteiger partial charge in [-0.25, -0.2) is 4.79 Å². The Kier molecular flexibility index (Phi) is 5.83. The molecule has 0 saturated heterocycles. The summed E-state index contributed by atoms with van der Waals surface area (Å²) >= 11 is 0. The fourth-order valence-corrected chi connectivity index (χ4v) is 3.33. The van der Waals surface area contributed by atoms with E-state index >= 15 is 0 Å². The summed E-state index contributed by atoms with van der Waals surface area (Å²) in [6, 6.07) is 14.9. The second kappa shape index (κ2) is 8.72. The predicted octanol–water partition coefficient (Wildman–Crippen LogP) is 2.27. The molecule has 166 valence electrons. The number of rotatable bonds is 7. The Morgan fingerprint density at radius 3 is 2.53 bits per heavy atom.